The Kier molecular flexibility index (Phi) is 5.09. The topological polar surface area (TPSA) is 21.3 Å². The highest BCUT2D eigenvalue weighted by molar-refractivity contribution is 5.24. The maximum Gasteiger partial charge on any atom is 0.128 e. The number of rotatable bonds is 6. The van der Waals surface area contributed by atoms with Crippen LogP contribution in [0.3, 0.4) is 0 Å². The highest BCUT2D eigenvalue weighted by atomic mass is 19.1. The molecular formula is C14H22FNO. The van der Waals surface area contributed by atoms with Crippen molar-refractivity contribution in [3.63, 3.8) is 0 Å². The first-order valence-electron chi connectivity index (χ1n) is 6.14. The van der Waals surface area contributed by atoms with Crippen LogP contribution in [-0.2, 0) is 4.74 Å². The Bertz CT molecular complexity index is 356. The van der Waals surface area contributed by atoms with Gasteiger partial charge in [0.05, 0.1) is 11.6 Å². The Balaban J connectivity index is 3.09. The van der Waals surface area contributed by atoms with Crippen molar-refractivity contribution < 1.29 is 9.13 Å². The zero-order chi connectivity index (χ0) is 12.9. The molecule has 0 aliphatic carbocycles. The van der Waals surface area contributed by atoms with Crippen molar-refractivity contribution in [1.82, 2.24) is 5.32 Å². The Morgan fingerprint density at radius 1 is 1.35 bits per heavy atom. The molecule has 1 N–H and O–H groups in total. The van der Waals surface area contributed by atoms with Crippen LogP contribution in [0.2, 0.25) is 0 Å². The molecule has 0 fully saturated rings. The number of hydrogen-bond donors (Lipinski definition) is 1. The summed E-state index contributed by atoms with van der Waals surface area (Å²) in [5, 5.41) is 3.17. The molecule has 0 aliphatic rings. The second-order valence-electron chi connectivity index (χ2n) is 4.34. The lowest BCUT2D eigenvalue weighted by molar-refractivity contribution is -0.0554. The minimum atomic E-state index is -0.397. The molecule has 17 heavy (non-hydrogen) atoms. The molecule has 0 saturated heterocycles. The van der Waals surface area contributed by atoms with Crippen LogP contribution in [0.15, 0.2) is 24.3 Å². The third kappa shape index (κ3) is 3.05. The molecule has 0 amide bonds. The van der Waals surface area contributed by atoms with E-state index in [1.807, 2.05) is 33.0 Å². The predicted molar refractivity (Wildman–Crippen MR) is 68.5 cm³/mol. The molecule has 0 radical (unpaired) electrons. The van der Waals surface area contributed by atoms with Crippen LogP contribution >= 0.6 is 0 Å². The van der Waals surface area contributed by atoms with E-state index in [9.17, 15) is 4.39 Å². The summed E-state index contributed by atoms with van der Waals surface area (Å²) in [5.74, 6) is -0.189. The number of likely N-dealkylation sites (N-methyl/N-ethyl adjacent to an activating group) is 1. The highest BCUT2D eigenvalue weighted by Gasteiger charge is 2.34. The van der Waals surface area contributed by atoms with E-state index in [1.54, 1.807) is 6.07 Å². The van der Waals surface area contributed by atoms with E-state index in [1.165, 1.54) is 6.07 Å². The molecule has 2 atom stereocenters. The summed E-state index contributed by atoms with van der Waals surface area (Å²) in [6, 6.07) is 6.71. The lowest BCUT2D eigenvalue weighted by Crippen LogP contribution is -2.42. The molecular weight excluding hydrogens is 217 g/mol. The third-order valence-corrected chi connectivity index (χ3v) is 3.29. The lowest BCUT2D eigenvalue weighted by Gasteiger charge is -2.37. The second kappa shape index (κ2) is 6.12. The second-order valence-corrected chi connectivity index (χ2v) is 4.34. The van der Waals surface area contributed by atoms with Gasteiger partial charge < -0.3 is 10.1 Å². The van der Waals surface area contributed by atoms with Crippen LogP contribution in [0.1, 0.15) is 38.8 Å². The van der Waals surface area contributed by atoms with Gasteiger partial charge >= 0.3 is 0 Å². The summed E-state index contributed by atoms with van der Waals surface area (Å²) in [7, 11) is 1.84. The van der Waals surface area contributed by atoms with Crippen molar-refractivity contribution in [1.29, 1.82) is 0 Å². The van der Waals surface area contributed by atoms with Gasteiger partial charge in [-0.2, -0.15) is 0 Å². The van der Waals surface area contributed by atoms with Crippen molar-refractivity contribution in [2.45, 2.75) is 38.8 Å². The summed E-state index contributed by atoms with van der Waals surface area (Å²) in [4.78, 5) is 0. The summed E-state index contributed by atoms with van der Waals surface area (Å²) < 4.78 is 19.7. The van der Waals surface area contributed by atoms with Gasteiger partial charge in [0, 0.05) is 12.2 Å². The Labute approximate surface area is 103 Å². The smallest absolute Gasteiger partial charge is 0.128 e. The van der Waals surface area contributed by atoms with Crippen LogP contribution in [-0.4, -0.2) is 19.3 Å². The molecule has 1 aromatic carbocycles. The number of hydrogen-bond acceptors (Lipinski definition) is 2. The van der Waals surface area contributed by atoms with Crippen LogP contribution in [0.25, 0.3) is 0 Å². The predicted octanol–water partition coefficient (Wildman–Crippen LogP) is 3.29. The van der Waals surface area contributed by atoms with Gasteiger partial charge in [0.2, 0.25) is 0 Å². The van der Waals surface area contributed by atoms with Crippen molar-refractivity contribution in [2.75, 3.05) is 13.7 Å². The molecule has 0 spiro atoms. The Morgan fingerprint density at radius 2 is 2.00 bits per heavy atom. The minimum absolute atomic E-state index is 0.145. The summed E-state index contributed by atoms with van der Waals surface area (Å²) in [6.07, 6.45) is 0.820. The molecule has 2 unspecified atom stereocenters. The van der Waals surface area contributed by atoms with Gasteiger partial charge in [-0.1, -0.05) is 25.1 Å². The van der Waals surface area contributed by atoms with Gasteiger partial charge in [-0.3, -0.25) is 0 Å². The van der Waals surface area contributed by atoms with Crippen LogP contribution in [0.4, 0.5) is 4.39 Å². The fourth-order valence-electron chi connectivity index (χ4n) is 2.22. The van der Waals surface area contributed by atoms with Crippen LogP contribution < -0.4 is 5.32 Å². The van der Waals surface area contributed by atoms with E-state index in [-0.39, 0.29) is 11.9 Å². The van der Waals surface area contributed by atoms with Crippen molar-refractivity contribution >= 4 is 0 Å². The minimum Gasteiger partial charge on any atom is -0.374 e. The van der Waals surface area contributed by atoms with Crippen LogP contribution in [0.5, 0.6) is 0 Å². The van der Waals surface area contributed by atoms with Crippen molar-refractivity contribution in [2.24, 2.45) is 0 Å². The van der Waals surface area contributed by atoms with E-state index in [2.05, 4.69) is 12.2 Å². The average Bonchev–Trinajstić information content (AvgIpc) is 2.33. The fourth-order valence-corrected chi connectivity index (χ4v) is 2.22. The van der Waals surface area contributed by atoms with Gasteiger partial charge in [-0.15, -0.1) is 0 Å². The zero-order valence-electron chi connectivity index (χ0n) is 11.1. The average molecular weight is 239 g/mol. The Hall–Kier alpha value is -0.930. The van der Waals surface area contributed by atoms with E-state index in [0.29, 0.717) is 12.2 Å². The molecule has 0 aromatic heterocycles. The van der Waals surface area contributed by atoms with Gasteiger partial charge in [-0.05, 0) is 33.4 Å². The van der Waals surface area contributed by atoms with Crippen LogP contribution in [0, 0.1) is 5.82 Å². The summed E-state index contributed by atoms with van der Waals surface area (Å²) in [5.41, 5.74) is 0.263. The van der Waals surface area contributed by atoms with Gasteiger partial charge in [-0.25, -0.2) is 4.39 Å². The number of halogens is 1. The van der Waals surface area contributed by atoms with Gasteiger partial charge in [0.15, 0.2) is 0 Å². The molecule has 0 heterocycles. The van der Waals surface area contributed by atoms with Gasteiger partial charge in [0.25, 0.3) is 0 Å². The number of ether oxygens (including phenoxy) is 1. The molecule has 2 nitrogen and oxygen atoms in total. The molecule has 3 heteroatoms. The molecule has 96 valence electrons. The first-order chi connectivity index (χ1) is 8.09. The van der Waals surface area contributed by atoms with E-state index < -0.39 is 5.60 Å². The first kappa shape index (κ1) is 14.1. The van der Waals surface area contributed by atoms with E-state index >= 15 is 0 Å². The quantitative estimate of drug-likeness (QED) is 0.822. The standard InChI is InChI=1S/C14H22FNO/c1-5-14(3,17-6-2)13(16-4)11-9-7-8-10-12(11)15/h7-10,13,16H,5-6H2,1-4H3. The normalized spacial score (nSPS) is 16.5. The number of nitrogens with one attached hydrogen (secondary N) is 1. The zero-order valence-corrected chi connectivity index (χ0v) is 11.1. The molecule has 1 rings (SSSR count). The first-order valence-corrected chi connectivity index (χ1v) is 6.14. The molecule has 0 saturated carbocycles. The van der Waals surface area contributed by atoms with Crippen molar-refractivity contribution in [3.05, 3.63) is 35.6 Å². The largest absolute Gasteiger partial charge is 0.374 e. The monoisotopic (exact) mass is 239 g/mol. The van der Waals surface area contributed by atoms with Gasteiger partial charge in [0.1, 0.15) is 5.82 Å². The fraction of sp³-hybridized carbons (Fsp3) is 0.571. The maximum absolute atomic E-state index is 13.8. The van der Waals surface area contributed by atoms with E-state index in [0.717, 1.165) is 6.42 Å². The molecule has 0 bridgehead atoms. The maximum atomic E-state index is 13.8. The molecule has 1 aromatic rings. The van der Waals surface area contributed by atoms with Crippen molar-refractivity contribution in [3.8, 4) is 0 Å². The highest BCUT2D eigenvalue weighted by Crippen LogP contribution is 2.33. The summed E-state index contributed by atoms with van der Waals surface area (Å²) in [6.45, 7) is 6.66. The third-order valence-electron chi connectivity index (χ3n) is 3.29. The number of benzene rings is 1. The lowest BCUT2D eigenvalue weighted by atomic mass is 9.87. The SMILES string of the molecule is CCOC(C)(CC)C(NC)c1ccccc1F. The summed E-state index contributed by atoms with van der Waals surface area (Å²) >= 11 is 0. The molecule has 0 aliphatic heterocycles. The Morgan fingerprint density at radius 3 is 2.47 bits per heavy atom. The van der Waals surface area contributed by atoms with E-state index in [4.69, 9.17) is 4.74 Å².